The summed E-state index contributed by atoms with van der Waals surface area (Å²) in [7, 11) is 0. The molecule has 0 saturated heterocycles. The molecule has 2 rings (SSSR count). The van der Waals surface area contributed by atoms with E-state index < -0.39 is 0 Å². The highest BCUT2D eigenvalue weighted by atomic mass is 16.1. The predicted molar refractivity (Wildman–Crippen MR) is 84.2 cm³/mol. The number of H-pyrrole nitrogens is 1. The second kappa shape index (κ2) is 7.62. The molecule has 1 unspecified atom stereocenters. The topological polar surface area (TPSA) is 70.7 Å². The molecule has 20 heavy (non-hydrogen) atoms. The molecule has 1 atom stereocenters. The van der Waals surface area contributed by atoms with Crippen LogP contribution in [0.15, 0.2) is 17.2 Å². The van der Waals surface area contributed by atoms with E-state index >= 15 is 0 Å². The molecule has 110 valence electrons. The Morgan fingerprint density at radius 1 is 1.40 bits per heavy atom. The van der Waals surface area contributed by atoms with E-state index in [1.165, 1.54) is 0 Å². The maximum Gasteiger partial charge on any atom is 0.258 e. The van der Waals surface area contributed by atoms with Crippen molar-refractivity contribution in [2.45, 2.75) is 53.5 Å². The van der Waals surface area contributed by atoms with Crippen molar-refractivity contribution in [1.29, 1.82) is 0 Å². The number of hydrogen-bond donors (Lipinski definition) is 2. The number of rotatable bonds is 4. The SMILES string of the molecule is CC.CCCC(C)Nc1ncc2c(=O)[nH]cc(C)c2n1. The first-order chi connectivity index (χ1) is 9.61. The monoisotopic (exact) mass is 276 g/mol. The van der Waals surface area contributed by atoms with Gasteiger partial charge in [0.2, 0.25) is 5.95 Å². The Labute approximate surface area is 119 Å². The minimum absolute atomic E-state index is 0.149. The smallest absolute Gasteiger partial charge is 0.258 e. The number of aromatic amines is 1. The highest BCUT2D eigenvalue weighted by Gasteiger charge is 2.07. The zero-order valence-electron chi connectivity index (χ0n) is 12.9. The Bertz CT molecular complexity index is 606. The molecule has 0 bridgehead atoms. The Morgan fingerprint density at radius 2 is 2.10 bits per heavy atom. The molecule has 2 heterocycles. The summed E-state index contributed by atoms with van der Waals surface area (Å²) in [6.07, 6.45) is 5.43. The number of aryl methyl sites for hydroxylation is 1. The van der Waals surface area contributed by atoms with Gasteiger partial charge < -0.3 is 10.3 Å². The first kappa shape index (κ1) is 16.1. The van der Waals surface area contributed by atoms with E-state index in [9.17, 15) is 4.79 Å². The molecule has 2 N–H and O–H groups in total. The molecule has 0 aliphatic heterocycles. The van der Waals surface area contributed by atoms with Crippen LogP contribution in [0.4, 0.5) is 5.95 Å². The second-order valence-corrected chi connectivity index (χ2v) is 4.59. The number of hydrogen-bond acceptors (Lipinski definition) is 4. The summed E-state index contributed by atoms with van der Waals surface area (Å²) >= 11 is 0. The lowest BCUT2D eigenvalue weighted by atomic mass is 10.2. The van der Waals surface area contributed by atoms with Crippen LogP contribution in [0.1, 0.15) is 46.1 Å². The molecule has 0 spiro atoms. The molecule has 0 radical (unpaired) electrons. The van der Waals surface area contributed by atoms with Crippen LogP contribution in [0.2, 0.25) is 0 Å². The van der Waals surface area contributed by atoms with E-state index in [0.717, 1.165) is 18.4 Å². The normalized spacial score (nSPS) is 11.7. The quantitative estimate of drug-likeness (QED) is 0.899. The minimum atomic E-state index is -0.149. The van der Waals surface area contributed by atoms with Crippen LogP contribution >= 0.6 is 0 Å². The number of fused-ring (bicyclic) bond motifs is 1. The van der Waals surface area contributed by atoms with Crippen LogP contribution < -0.4 is 10.9 Å². The summed E-state index contributed by atoms with van der Waals surface area (Å²) in [6.45, 7) is 10.2. The fourth-order valence-electron chi connectivity index (χ4n) is 1.96. The highest BCUT2D eigenvalue weighted by Crippen LogP contribution is 2.13. The molecular formula is C15H24N4O. The predicted octanol–water partition coefficient (Wildman–Crippen LogP) is 3.25. The number of anilines is 1. The van der Waals surface area contributed by atoms with Crippen molar-refractivity contribution in [2.75, 3.05) is 5.32 Å². The number of pyridine rings is 1. The van der Waals surface area contributed by atoms with Gasteiger partial charge in [-0.25, -0.2) is 9.97 Å². The maximum atomic E-state index is 11.6. The van der Waals surface area contributed by atoms with Gasteiger partial charge in [-0.15, -0.1) is 0 Å². The van der Waals surface area contributed by atoms with E-state index in [-0.39, 0.29) is 5.56 Å². The molecule has 5 heteroatoms. The Hall–Kier alpha value is -1.91. The first-order valence-corrected chi connectivity index (χ1v) is 7.23. The van der Waals surface area contributed by atoms with Crippen molar-refractivity contribution in [3.05, 3.63) is 28.3 Å². The van der Waals surface area contributed by atoms with E-state index in [1.54, 1.807) is 12.4 Å². The van der Waals surface area contributed by atoms with Gasteiger partial charge in [0, 0.05) is 18.4 Å². The number of nitrogens with zero attached hydrogens (tertiary/aromatic N) is 2. The minimum Gasteiger partial charge on any atom is -0.352 e. The molecule has 2 aromatic rings. The van der Waals surface area contributed by atoms with E-state index in [2.05, 4.69) is 34.1 Å². The van der Waals surface area contributed by atoms with Gasteiger partial charge in [-0.05, 0) is 25.8 Å². The third-order valence-electron chi connectivity index (χ3n) is 2.92. The lowest BCUT2D eigenvalue weighted by molar-refractivity contribution is 0.684. The van der Waals surface area contributed by atoms with Gasteiger partial charge in [0.25, 0.3) is 5.56 Å². The average molecular weight is 276 g/mol. The molecule has 0 aliphatic rings. The average Bonchev–Trinajstić information content (AvgIpc) is 2.45. The molecule has 2 aromatic heterocycles. The molecule has 0 aliphatic carbocycles. The lowest BCUT2D eigenvalue weighted by Gasteiger charge is -2.12. The second-order valence-electron chi connectivity index (χ2n) is 4.59. The van der Waals surface area contributed by atoms with Crippen LogP contribution in [0.3, 0.4) is 0 Å². The van der Waals surface area contributed by atoms with Crippen LogP contribution in [0.5, 0.6) is 0 Å². The highest BCUT2D eigenvalue weighted by molar-refractivity contribution is 5.80. The van der Waals surface area contributed by atoms with E-state index in [1.807, 2.05) is 20.8 Å². The Balaban J connectivity index is 0.000000956. The lowest BCUT2D eigenvalue weighted by Crippen LogP contribution is -2.17. The largest absolute Gasteiger partial charge is 0.352 e. The third-order valence-corrected chi connectivity index (χ3v) is 2.92. The third kappa shape index (κ3) is 3.79. The van der Waals surface area contributed by atoms with Crippen LogP contribution in [-0.2, 0) is 0 Å². The van der Waals surface area contributed by atoms with Crippen molar-refractivity contribution in [1.82, 2.24) is 15.0 Å². The van der Waals surface area contributed by atoms with Gasteiger partial charge in [0.1, 0.15) is 0 Å². The molecule has 0 amide bonds. The van der Waals surface area contributed by atoms with Crippen molar-refractivity contribution in [3.63, 3.8) is 0 Å². The molecule has 0 saturated carbocycles. The summed E-state index contributed by atoms with van der Waals surface area (Å²) in [5.74, 6) is 0.581. The van der Waals surface area contributed by atoms with Gasteiger partial charge in [-0.3, -0.25) is 4.79 Å². The van der Waals surface area contributed by atoms with Gasteiger partial charge >= 0.3 is 0 Å². The first-order valence-electron chi connectivity index (χ1n) is 7.23. The zero-order chi connectivity index (χ0) is 15.1. The molecular weight excluding hydrogens is 252 g/mol. The fraction of sp³-hybridized carbons (Fsp3) is 0.533. The van der Waals surface area contributed by atoms with E-state index in [0.29, 0.717) is 22.9 Å². The summed E-state index contributed by atoms with van der Waals surface area (Å²) in [6, 6.07) is 0.328. The number of nitrogens with one attached hydrogen (secondary N) is 2. The van der Waals surface area contributed by atoms with Gasteiger partial charge in [0.05, 0.1) is 10.9 Å². The molecule has 5 nitrogen and oxygen atoms in total. The molecule has 0 fully saturated rings. The van der Waals surface area contributed by atoms with Crippen LogP contribution in [-0.4, -0.2) is 21.0 Å². The van der Waals surface area contributed by atoms with E-state index in [4.69, 9.17) is 0 Å². The number of aromatic nitrogens is 3. The van der Waals surface area contributed by atoms with Gasteiger partial charge in [-0.1, -0.05) is 27.2 Å². The summed E-state index contributed by atoms with van der Waals surface area (Å²) in [4.78, 5) is 22.9. The maximum absolute atomic E-state index is 11.6. The fourth-order valence-corrected chi connectivity index (χ4v) is 1.96. The van der Waals surface area contributed by atoms with Crippen molar-refractivity contribution < 1.29 is 0 Å². The van der Waals surface area contributed by atoms with Crippen LogP contribution in [0.25, 0.3) is 10.9 Å². The van der Waals surface area contributed by atoms with Crippen molar-refractivity contribution in [2.24, 2.45) is 0 Å². The van der Waals surface area contributed by atoms with Crippen LogP contribution in [0, 0.1) is 6.92 Å². The van der Waals surface area contributed by atoms with Crippen molar-refractivity contribution in [3.8, 4) is 0 Å². The van der Waals surface area contributed by atoms with Gasteiger partial charge in [-0.2, -0.15) is 0 Å². The summed E-state index contributed by atoms with van der Waals surface area (Å²) in [5.41, 5.74) is 1.50. The summed E-state index contributed by atoms with van der Waals surface area (Å²) in [5, 5.41) is 3.78. The summed E-state index contributed by atoms with van der Waals surface area (Å²) < 4.78 is 0. The zero-order valence-corrected chi connectivity index (χ0v) is 12.9. The van der Waals surface area contributed by atoms with Crippen molar-refractivity contribution >= 4 is 16.9 Å². The Morgan fingerprint density at radius 3 is 2.75 bits per heavy atom. The molecule has 0 aromatic carbocycles. The van der Waals surface area contributed by atoms with Gasteiger partial charge in [0.15, 0.2) is 0 Å². The Kier molecular flexibility index (Phi) is 6.15. The standard InChI is InChI=1S/C13H18N4O.C2H6/c1-4-5-9(3)16-13-15-7-10-11(17-13)8(2)6-14-12(10)18;1-2/h6-7,9H,4-5H2,1-3H3,(H,14,18)(H,15,16,17);1-2H3.